The Morgan fingerprint density at radius 2 is 1.92 bits per heavy atom. The summed E-state index contributed by atoms with van der Waals surface area (Å²) in [5.74, 6) is 0. The molecule has 136 valence electrons. The van der Waals surface area contributed by atoms with Crippen LogP contribution in [-0.4, -0.2) is 36.6 Å². The lowest BCUT2D eigenvalue weighted by molar-refractivity contribution is -0.140. The van der Waals surface area contributed by atoms with Gasteiger partial charge in [0.25, 0.3) is 0 Å². The van der Waals surface area contributed by atoms with E-state index in [4.69, 9.17) is 0 Å². The van der Waals surface area contributed by atoms with Gasteiger partial charge in [-0.1, -0.05) is 29.8 Å². The summed E-state index contributed by atoms with van der Waals surface area (Å²) in [5.41, 5.74) is 1.15. The number of carbonyl (C=O) groups excluding carboxylic acids is 1. The van der Waals surface area contributed by atoms with Crippen molar-refractivity contribution in [3.63, 3.8) is 0 Å². The summed E-state index contributed by atoms with van der Waals surface area (Å²) in [7, 11) is 3.78. The highest BCUT2D eigenvalue weighted by Gasteiger charge is 2.33. The SMILES string of the molecule is Cc1ccc(C(CNC(=O)Nc2nc(C(F)(F)F)cs2)N(C)C)cc1. The molecule has 1 heterocycles. The van der Waals surface area contributed by atoms with Crippen molar-refractivity contribution >= 4 is 22.5 Å². The standard InChI is InChI=1S/C16H19F3N4OS/c1-10-4-6-11(7-5-10)12(23(2)3)8-20-14(24)22-15-21-13(9-25-15)16(17,18)19/h4-7,9,12H,8H2,1-3H3,(H2,20,21,22,24). The van der Waals surface area contributed by atoms with Crippen LogP contribution in [0, 0.1) is 6.92 Å². The fourth-order valence-corrected chi connectivity index (χ4v) is 2.89. The normalized spacial score (nSPS) is 12.9. The Balaban J connectivity index is 1.95. The Morgan fingerprint density at radius 1 is 1.28 bits per heavy atom. The molecule has 1 atom stereocenters. The van der Waals surface area contributed by atoms with E-state index >= 15 is 0 Å². The van der Waals surface area contributed by atoms with Crippen LogP contribution in [0.15, 0.2) is 29.6 Å². The fourth-order valence-electron chi connectivity index (χ4n) is 2.18. The number of nitrogens with one attached hydrogen (secondary N) is 2. The summed E-state index contributed by atoms with van der Waals surface area (Å²) in [4.78, 5) is 17.2. The molecule has 9 heteroatoms. The van der Waals surface area contributed by atoms with Crippen LogP contribution in [-0.2, 0) is 6.18 Å². The lowest BCUT2D eigenvalue weighted by Gasteiger charge is -2.25. The number of alkyl halides is 3. The minimum Gasteiger partial charge on any atom is -0.336 e. The largest absolute Gasteiger partial charge is 0.434 e. The van der Waals surface area contributed by atoms with Crippen molar-refractivity contribution in [2.75, 3.05) is 26.0 Å². The Bertz CT molecular complexity index is 713. The number of thiazole rings is 1. The zero-order chi connectivity index (χ0) is 18.6. The molecule has 0 saturated carbocycles. The first-order chi connectivity index (χ1) is 11.7. The van der Waals surface area contributed by atoms with Gasteiger partial charge in [-0.25, -0.2) is 9.78 Å². The van der Waals surface area contributed by atoms with Crippen LogP contribution in [0.1, 0.15) is 22.9 Å². The summed E-state index contributed by atoms with van der Waals surface area (Å²) < 4.78 is 37.5. The number of nitrogens with zero attached hydrogens (tertiary/aromatic N) is 2. The second kappa shape index (κ2) is 7.83. The number of halogens is 3. The third-order valence-electron chi connectivity index (χ3n) is 3.56. The van der Waals surface area contributed by atoms with Crippen LogP contribution in [0.2, 0.25) is 0 Å². The van der Waals surface area contributed by atoms with E-state index in [9.17, 15) is 18.0 Å². The molecule has 25 heavy (non-hydrogen) atoms. The second-order valence-electron chi connectivity index (χ2n) is 5.76. The molecule has 2 aromatic rings. The minimum atomic E-state index is -4.52. The molecule has 5 nitrogen and oxygen atoms in total. The molecule has 2 amide bonds. The van der Waals surface area contributed by atoms with E-state index in [-0.39, 0.29) is 11.2 Å². The molecule has 0 bridgehead atoms. The third-order valence-corrected chi connectivity index (χ3v) is 4.31. The summed E-state index contributed by atoms with van der Waals surface area (Å²) in [6.45, 7) is 2.29. The number of aryl methyl sites for hydroxylation is 1. The number of hydrogen-bond acceptors (Lipinski definition) is 4. The van der Waals surface area contributed by atoms with Crippen molar-refractivity contribution in [3.8, 4) is 0 Å². The Hall–Kier alpha value is -2.13. The van der Waals surface area contributed by atoms with E-state index in [0.717, 1.165) is 27.8 Å². The van der Waals surface area contributed by atoms with Crippen LogP contribution < -0.4 is 10.6 Å². The maximum absolute atomic E-state index is 12.5. The number of benzene rings is 1. The molecule has 0 aliphatic rings. The van der Waals surface area contributed by atoms with Crippen molar-refractivity contribution in [1.82, 2.24) is 15.2 Å². The number of anilines is 1. The van der Waals surface area contributed by atoms with Gasteiger partial charge in [-0.15, -0.1) is 11.3 Å². The smallest absolute Gasteiger partial charge is 0.336 e. The Kier molecular flexibility index (Phi) is 6.02. The van der Waals surface area contributed by atoms with Gasteiger partial charge in [0.15, 0.2) is 10.8 Å². The zero-order valence-corrected chi connectivity index (χ0v) is 14.8. The predicted octanol–water partition coefficient (Wildman–Crippen LogP) is 3.89. The maximum Gasteiger partial charge on any atom is 0.434 e. The number of carbonyl (C=O) groups is 1. The molecule has 2 N–H and O–H groups in total. The number of hydrogen-bond donors (Lipinski definition) is 2. The molecule has 1 aromatic heterocycles. The lowest BCUT2D eigenvalue weighted by atomic mass is 10.0. The maximum atomic E-state index is 12.5. The van der Waals surface area contributed by atoms with Crippen LogP contribution in [0.25, 0.3) is 0 Å². The fraction of sp³-hybridized carbons (Fsp3) is 0.375. The second-order valence-corrected chi connectivity index (χ2v) is 6.62. The van der Waals surface area contributed by atoms with E-state index < -0.39 is 17.9 Å². The molecule has 2 rings (SSSR count). The minimum absolute atomic E-state index is 0.0617. The van der Waals surface area contributed by atoms with E-state index in [1.54, 1.807) is 0 Å². The van der Waals surface area contributed by atoms with Crippen LogP contribution in [0.4, 0.5) is 23.1 Å². The van der Waals surface area contributed by atoms with Crippen molar-refractivity contribution < 1.29 is 18.0 Å². The average molecular weight is 372 g/mol. The molecule has 0 radical (unpaired) electrons. The van der Waals surface area contributed by atoms with Gasteiger partial charge in [-0.3, -0.25) is 5.32 Å². The summed E-state index contributed by atoms with van der Waals surface area (Å²) in [6.07, 6.45) is -4.52. The highest BCUT2D eigenvalue weighted by molar-refractivity contribution is 7.13. The molecular formula is C16H19F3N4OS. The highest BCUT2D eigenvalue weighted by atomic mass is 32.1. The van der Waals surface area contributed by atoms with E-state index in [1.165, 1.54) is 0 Å². The van der Waals surface area contributed by atoms with Gasteiger partial charge in [0, 0.05) is 11.9 Å². The van der Waals surface area contributed by atoms with Crippen LogP contribution >= 0.6 is 11.3 Å². The van der Waals surface area contributed by atoms with Crippen molar-refractivity contribution in [2.24, 2.45) is 0 Å². The first-order valence-corrected chi connectivity index (χ1v) is 8.35. The third kappa shape index (κ3) is 5.43. The van der Waals surface area contributed by atoms with E-state index in [1.807, 2.05) is 50.2 Å². The number of amides is 2. The van der Waals surface area contributed by atoms with Crippen molar-refractivity contribution in [2.45, 2.75) is 19.1 Å². The van der Waals surface area contributed by atoms with Gasteiger partial charge >= 0.3 is 12.2 Å². The van der Waals surface area contributed by atoms with Gasteiger partial charge in [0.1, 0.15) is 0 Å². The number of rotatable bonds is 5. The van der Waals surface area contributed by atoms with E-state index in [0.29, 0.717) is 6.54 Å². The summed E-state index contributed by atoms with van der Waals surface area (Å²) >= 11 is 0.730. The number of likely N-dealkylation sites (N-methyl/N-ethyl adjacent to an activating group) is 1. The van der Waals surface area contributed by atoms with Crippen LogP contribution in [0.3, 0.4) is 0 Å². The van der Waals surface area contributed by atoms with Gasteiger partial charge < -0.3 is 10.2 Å². The molecule has 0 aliphatic heterocycles. The first-order valence-electron chi connectivity index (χ1n) is 7.47. The molecule has 1 unspecified atom stereocenters. The topological polar surface area (TPSA) is 57.3 Å². The summed E-state index contributed by atoms with van der Waals surface area (Å²) in [6, 6.07) is 7.28. The van der Waals surface area contributed by atoms with Crippen molar-refractivity contribution in [3.05, 3.63) is 46.5 Å². The molecular weight excluding hydrogens is 353 g/mol. The number of aromatic nitrogens is 1. The van der Waals surface area contributed by atoms with E-state index in [2.05, 4.69) is 15.6 Å². The highest BCUT2D eigenvalue weighted by Crippen LogP contribution is 2.31. The number of urea groups is 1. The van der Waals surface area contributed by atoms with Crippen molar-refractivity contribution in [1.29, 1.82) is 0 Å². The summed E-state index contributed by atoms with van der Waals surface area (Å²) in [5, 5.41) is 5.77. The van der Waals surface area contributed by atoms with Gasteiger partial charge in [0.2, 0.25) is 0 Å². The van der Waals surface area contributed by atoms with Gasteiger partial charge in [-0.05, 0) is 26.6 Å². The Morgan fingerprint density at radius 3 is 2.44 bits per heavy atom. The average Bonchev–Trinajstić information content (AvgIpc) is 2.97. The lowest BCUT2D eigenvalue weighted by Crippen LogP contribution is -2.36. The molecule has 1 aromatic carbocycles. The Labute approximate surface area is 147 Å². The predicted molar refractivity (Wildman–Crippen MR) is 91.7 cm³/mol. The molecule has 0 spiro atoms. The molecule has 0 aliphatic carbocycles. The van der Waals surface area contributed by atoms with Crippen LogP contribution in [0.5, 0.6) is 0 Å². The van der Waals surface area contributed by atoms with Gasteiger partial charge in [0.05, 0.1) is 6.04 Å². The monoisotopic (exact) mass is 372 g/mol. The quantitative estimate of drug-likeness (QED) is 0.837. The zero-order valence-electron chi connectivity index (χ0n) is 14.0. The molecule has 0 fully saturated rings. The van der Waals surface area contributed by atoms with Gasteiger partial charge in [-0.2, -0.15) is 13.2 Å². The first kappa shape index (κ1) is 19.2. The molecule has 0 saturated heterocycles.